The fourth-order valence-corrected chi connectivity index (χ4v) is 2.80. The summed E-state index contributed by atoms with van der Waals surface area (Å²) in [6.45, 7) is 1.63. The molecule has 0 unspecified atom stereocenters. The predicted molar refractivity (Wildman–Crippen MR) is 87.6 cm³/mol. The lowest BCUT2D eigenvalue weighted by Crippen LogP contribution is -2.37. The van der Waals surface area contributed by atoms with E-state index in [0.717, 1.165) is 0 Å². The Balaban J connectivity index is 2.27. The van der Waals surface area contributed by atoms with Gasteiger partial charge in [-0.2, -0.15) is 0 Å². The smallest absolute Gasteiger partial charge is 0.243 e. The largest absolute Gasteiger partial charge is 0.313 e. The molecule has 5 heteroatoms. The molecule has 0 aromatic heterocycles. The second kappa shape index (κ2) is 5.46. The molecule has 0 bridgehead atoms. The Morgan fingerprint density at radius 3 is 2.32 bits per heavy atom. The molecule has 1 atom stereocenters. The summed E-state index contributed by atoms with van der Waals surface area (Å²) in [6, 6.07) is 14.5. The third kappa shape index (κ3) is 2.25. The van der Waals surface area contributed by atoms with Crippen LogP contribution in [0, 0.1) is 5.92 Å². The molecule has 1 aliphatic heterocycles. The molecule has 2 amide bonds. The number of hydrogen-bond acceptors (Lipinski definition) is 2. The van der Waals surface area contributed by atoms with Crippen LogP contribution in [0.25, 0.3) is 0 Å². The SMILES string of the molecule is C[C@@H]1C(=O)N(C)c2ccc(Cl)cc2N(c2ccccc2)C1=O. The zero-order valence-electron chi connectivity index (χ0n) is 12.3. The molecule has 1 aliphatic rings. The minimum atomic E-state index is -0.753. The highest BCUT2D eigenvalue weighted by Gasteiger charge is 2.36. The summed E-state index contributed by atoms with van der Waals surface area (Å²) >= 11 is 6.11. The number of halogens is 1. The third-order valence-electron chi connectivity index (χ3n) is 3.85. The van der Waals surface area contributed by atoms with Gasteiger partial charge in [-0.25, -0.2) is 0 Å². The maximum Gasteiger partial charge on any atom is 0.243 e. The monoisotopic (exact) mass is 314 g/mol. The molecule has 1 heterocycles. The molecule has 22 heavy (non-hydrogen) atoms. The second-order valence-corrected chi connectivity index (χ2v) is 5.70. The van der Waals surface area contributed by atoms with Gasteiger partial charge in [0.2, 0.25) is 11.8 Å². The zero-order chi connectivity index (χ0) is 15.9. The van der Waals surface area contributed by atoms with Crippen molar-refractivity contribution in [1.82, 2.24) is 0 Å². The van der Waals surface area contributed by atoms with Crippen molar-refractivity contribution in [2.75, 3.05) is 16.8 Å². The van der Waals surface area contributed by atoms with E-state index in [0.29, 0.717) is 22.1 Å². The van der Waals surface area contributed by atoms with Crippen molar-refractivity contribution in [1.29, 1.82) is 0 Å². The normalized spacial score (nSPS) is 18.2. The molecule has 0 spiro atoms. The molecule has 2 aromatic rings. The van der Waals surface area contributed by atoms with Crippen LogP contribution in [0.15, 0.2) is 48.5 Å². The average molecular weight is 315 g/mol. The minimum Gasteiger partial charge on any atom is -0.313 e. The highest BCUT2D eigenvalue weighted by Crippen LogP contribution is 2.39. The van der Waals surface area contributed by atoms with Gasteiger partial charge in [0.05, 0.1) is 11.4 Å². The van der Waals surface area contributed by atoms with Gasteiger partial charge in [0, 0.05) is 17.8 Å². The van der Waals surface area contributed by atoms with Gasteiger partial charge in [0.15, 0.2) is 0 Å². The van der Waals surface area contributed by atoms with Gasteiger partial charge in [-0.3, -0.25) is 14.5 Å². The summed E-state index contributed by atoms with van der Waals surface area (Å²) in [5, 5.41) is 0.517. The lowest BCUT2D eigenvalue weighted by atomic mass is 10.1. The van der Waals surface area contributed by atoms with Crippen LogP contribution in [0.4, 0.5) is 17.1 Å². The highest BCUT2D eigenvalue weighted by molar-refractivity contribution is 6.31. The maximum absolute atomic E-state index is 12.8. The summed E-state index contributed by atoms with van der Waals surface area (Å²) < 4.78 is 0. The van der Waals surface area contributed by atoms with Gasteiger partial charge in [-0.05, 0) is 37.3 Å². The minimum absolute atomic E-state index is 0.230. The van der Waals surface area contributed by atoms with Crippen molar-refractivity contribution in [3.8, 4) is 0 Å². The van der Waals surface area contributed by atoms with Gasteiger partial charge < -0.3 is 4.90 Å². The van der Waals surface area contributed by atoms with Crippen molar-refractivity contribution in [3.05, 3.63) is 53.6 Å². The summed E-state index contributed by atoms with van der Waals surface area (Å²) in [6.07, 6.45) is 0. The molecule has 3 rings (SSSR count). The number of rotatable bonds is 1. The van der Waals surface area contributed by atoms with Crippen molar-refractivity contribution < 1.29 is 9.59 Å². The van der Waals surface area contributed by atoms with E-state index in [-0.39, 0.29) is 11.8 Å². The lowest BCUT2D eigenvalue weighted by Gasteiger charge is -2.24. The first-order chi connectivity index (χ1) is 10.5. The number of hydrogen-bond donors (Lipinski definition) is 0. The topological polar surface area (TPSA) is 40.6 Å². The Bertz CT molecular complexity index is 746. The van der Waals surface area contributed by atoms with Gasteiger partial charge >= 0.3 is 0 Å². The van der Waals surface area contributed by atoms with E-state index < -0.39 is 5.92 Å². The Hall–Kier alpha value is -2.33. The highest BCUT2D eigenvalue weighted by atomic mass is 35.5. The Morgan fingerprint density at radius 2 is 1.64 bits per heavy atom. The van der Waals surface area contributed by atoms with Crippen LogP contribution in [0.3, 0.4) is 0 Å². The number of anilines is 3. The molecule has 112 valence electrons. The first kappa shape index (κ1) is 14.6. The average Bonchev–Trinajstić information content (AvgIpc) is 2.59. The number of amides is 2. The van der Waals surface area contributed by atoms with Crippen LogP contribution in [-0.2, 0) is 9.59 Å². The van der Waals surface area contributed by atoms with E-state index >= 15 is 0 Å². The number of para-hydroxylation sites is 1. The van der Waals surface area contributed by atoms with E-state index in [4.69, 9.17) is 11.6 Å². The first-order valence-electron chi connectivity index (χ1n) is 6.97. The van der Waals surface area contributed by atoms with Crippen molar-refractivity contribution >= 4 is 40.5 Å². The summed E-state index contributed by atoms with van der Waals surface area (Å²) in [5.74, 6) is -1.24. The molecular weight excluding hydrogens is 300 g/mol. The maximum atomic E-state index is 12.8. The number of carbonyl (C=O) groups is 2. The van der Waals surface area contributed by atoms with Gasteiger partial charge in [0.25, 0.3) is 0 Å². The van der Waals surface area contributed by atoms with E-state index in [9.17, 15) is 9.59 Å². The molecule has 0 radical (unpaired) electrons. The third-order valence-corrected chi connectivity index (χ3v) is 4.08. The molecule has 0 saturated carbocycles. The van der Waals surface area contributed by atoms with Crippen LogP contribution in [-0.4, -0.2) is 18.9 Å². The molecule has 4 nitrogen and oxygen atoms in total. The summed E-state index contributed by atoms with van der Waals surface area (Å²) in [5.41, 5.74) is 1.99. The molecule has 2 aromatic carbocycles. The quantitative estimate of drug-likeness (QED) is 0.754. The van der Waals surface area contributed by atoms with Crippen LogP contribution < -0.4 is 9.80 Å². The van der Waals surface area contributed by atoms with E-state index in [1.807, 2.05) is 30.3 Å². The molecule has 0 saturated heterocycles. The number of nitrogens with zero attached hydrogens (tertiary/aromatic N) is 2. The number of carbonyl (C=O) groups excluding carboxylic acids is 2. The van der Waals surface area contributed by atoms with Crippen LogP contribution in [0.1, 0.15) is 6.92 Å². The van der Waals surface area contributed by atoms with Crippen molar-refractivity contribution in [3.63, 3.8) is 0 Å². The van der Waals surface area contributed by atoms with Crippen molar-refractivity contribution in [2.24, 2.45) is 5.92 Å². The zero-order valence-corrected chi connectivity index (χ0v) is 13.0. The fourth-order valence-electron chi connectivity index (χ4n) is 2.63. The van der Waals surface area contributed by atoms with E-state index in [1.54, 1.807) is 37.1 Å². The Morgan fingerprint density at radius 1 is 0.955 bits per heavy atom. The van der Waals surface area contributed by atoms with Crippen LogP contribution >= 0.6 is 11.6 Å². The number of benzene rings is 2. The van der Waals surface area contributed by atoms with Crippen LogP contribution in [0.5, 0.6) is 0 Å². The fraction of sp³-hybridized carbons (Fsp3) is 0.176. The van der Waals surface area contributed by atoms with E-state index in [2.05, 4.69) is 0 Å². The standard InChI is InChI=1S/C17H15ClN2O2/c1-11-16(21)19(2)14-9-8-12(18)10-15(14)20(17(11)22)13-6-4-3-5-7-13/h3-11H,1-2H3/t11-/m1/s1. The van der Waals surface area contributed by atoms with E-state index in [1.165, 1.54) is 4.90 Å². The Kier molecular flexibility index (Phi) is 3.62. The molecule has 0 N–H and O–H groups in total. The van der Waals surface area contributed by atoms with Gasteiger partial charge in [-0.15, -0.1) is 0 Å². The first-order valence-corrected chi connectivity index (χ1v) is 7.34. The Labute approximate surface area is 133 Å². The van der Waals surface area contributed by atoms with Crippen molar-refractivity contribution in [2.45, 2.75) is 6.92 Å². The van der Waals surface area contributed by atoms with Gasteiger partial charge in [0.1, 0.15) is 5.92 Å². The van der Waals surface area contributed by atoms with Crippen LogP contribution in [0.2, 0.25) is 5.02 Å². The summed E-state index contributed by atoms with van der Waals surface area (Å²) in [7, 11) is 1.67. The number of fused-ring (bicyclic) bond motifs is 1. The molecular formula is C17H15ClN2O2. The lowest BCUT2D eigenvalue weighted by molar-refractivity contribution is -0.130. The second-order valence-electron chi connectivity index (χ2n) is 5.26. The predicted octanol–water partition coefficient (Wildman–Crippen LogP) is 3.62. The molecule has 0 fully saturated rings. The molecule has 0 aliphatic carbocycles. The summed E-state index contributed by atoms with van der Waals surface area (Å²) in [4.78, 5) is 28.3. The van der Waals surface area contributed by atoms with Gasteiger partial charge in [-0.1, -0.05) is 29.8 Å².